The second-order valence-corrected chi connectivity index (χ2v) is 7.20. The molecule has 0 aliphatic rings. The van der Waals surface area contributed by atoms with Gasteiger partial charge >= 0.3 is 11.6 Å². The van der Waals surface area contributed by atoms with Gasteiger partial charge in [-0.05, 0) is 42.7 Å². The quantitative estimate of drug-likeness (QED) is 0.434. The van der Waals surface area contributed by atoms with Crippen molar-refractivity contribution in [3.05, 3.63) is 70.1 Å². The fraction of sp³-hybridized carbons (Fsp3) is 0.304. The SMILES string of the molecule is CCc1cc2c(CNC(C)(COc3ccccc3)C(=O)OC)cc(=O)oc2cc1O. The van der Waals surface area contributed by atoms with E-state index in [0.29, 0.717) is 23.1 Å². The molecule has 1 unspecified atom stereocenters. The van der Waals surface area contributed by atoms with Crippen molar-refractivity contribution in [1.82, 2.24) is 5.32 Å². The number of methoxy groups -OCH3 is 1. The van der Waals surface area contributed by atoms with Crippen molar-refractivity contribution >= 4 is 16.9 Å². The molecule has 3 aromatic rings. The predicted molar refractivity (Wildman–Crippen MR) is 113 cm³/mol. The number of rotatable bonds is 8. The van der Waals surface area contributed by atoms with Crippen LogP contribution < -0.4 is 15.7 Å². The van der Waals surface area contributed by atoms with Crippen molar-refractivity contribution in [2.45, 2.75) is 32.4 Å². The van der Waals surface area contributed by atoms with Gasteiger partial charge in [-0.1, -0.05) is 25.1 Å². The van der Waals surface area contributed by atoms with E-state index in [1.54, 1.807) is 25.1 Å². The summed E-state index contributed by atoms with van der Waals surface area (Å²) < 4.78 is 16.0. The standard InChI is InChI=1S/C23H25NO6/c1-4-15-10-18-16(11-21(26)30-20(18)12-19(15)25)13-24-23(2,22(27)28-3)14-29-17-8-6-5-7-9-17/h5-12,24-25H,4,13-14H2,1-3H3. The van der Waals surface area contributed by atoms with Crippen molar-refractivity contribution in [3.8, 4) is 11.5 Å². The van der Waals surface area contributed by atoms with E-state index in [0.717, 1.165) is 5.56 Å². The van der Waals surface area contributed by atoms with Gasteiger partial charge in [-0.15, -0.1) is 0 Å². The lowest BCUT2D eigenvalue weighted by atomic mass is 10.0. The second kappa shape index (κ2) is 9.00. The summed E-state index contributed by atoms with van der Waals surface area (Å²) in [4.78, 5) is 24.5. The maximum absolute atomic E-state index is 12.5. The van der Waals surface area contributed by atoms with Gasteiger partial charge in [-0.25, -0.2) is 9.59 Å². The van der Waals surface area contributed by atoms with Crippen LogP contribution in [0.5, 0.6) is 11.5 Å². The number of nitrogens with one attached hydrogen (secondary N) is 1. The molecular weight excluding hydrogens is 386 g/mol. The zero-order valence-electron chi connectivity index (χ0n) is 17.2. The first-order valence-electron chi connectivity index (χ1n) is 9.66. The molecule has 0 fully saturated rings. The van der Waals surface area contributed by atoms with Gasteiger partial charge < -0.3 is 19.0 Å². The molecule has 0 radical (unpaired) electrons. The summed E-state index contributed by atoms with van der Waals surface area (Å²) in [5.74, 6) is 0.217. The number of ether oxygens (including phenoxy) is 2. The smallest absolute Gasteiger partial charge is 0.336 e. The van der Waals surface area contributed by atoms with Crippen LogP contribution in [0, 0.1) is 0 Å². The predicted octanol–water partition coefficient (Wildman–Crippen LogP) is 3.16. The maximum atomic E-state index is 12.5. The molecule has 0 saturated heterocycles. The topological polar surface area (TPSA) is 98.0 Å². The molecule has 0 aliphatic carbocycles. The minimum atomic E-state index is -1.16. The number of carbonyl (C=O) groups excluding carboxylic acids is 1. The van der Waals surface area contributed by atoms with Crippen LogP contribution in [-0.4, -0.2) is 30.3 Å². The molecule has 1 atom stereocenters. The number of carbonyl (C=O) groups is 1. The number of phenolic OH excluding ortho intramolecular Hbond substituents is 1. The van der Waals surface area contributed by atoms with E-state index in [1.165, 1.54) is 19.2 Å². The Labute approximate surface area is 174 Å². The zero-order valence-corrected chi connectivity index (χ0v) is 17.2. The van der Waals surface area contributed by atoms with Gasteiger partial charge in [0.05, 0.1) is 7.11 Å². The van der Waals surface area contributed by atoms with Crippen LogP contribution in [0.25, 0.3) is 11.0 Å². The van der Waals surface area contributed by atoms with E-state index >= 15 is 0 Å². The van der Waals surface area contributed by atoms with Gasteiger partial charge in [0.1, 0.15) is 29.2 Å². The molecule has 7 nitrogen and oxygen atoms in total. The van der Waals surface area contributed by atoms with Crippen LogP contribution in [0.4, 0.5) is 0 Å². The van der Waals surface area contributed by atoms with Crippen LogP contribution in [0.2, 0.25) is 0 Å². The Morgan fingerprint density at radius 1 is 1.17 bits per heavy atom. The van der Waals surface area contributed by atoms with E-state index in [4.69, 9.17) is 13.9 Å². The molecule has 7 heteroatoms. The van der Waals surface area contributed by atoms with Crippen LogP contribution in [-0.2, 0) is 22.5 Å². The Hall–Kier alpha value is -3.32. The Balaban J connectivity index is 1.88. The molecule has 30 heavy (non-hydrogen) atoms. The van der Waals surface area contributed by atoms with Crippen molar-refractivity contribution in [2.75, 3.05) is 13.7 Å². The van der Waals surface area contributed by atoms with E-state index in [2.05, 4.69) is 5.32 Å². The molecule has 0 aliphatic heterocycles. The van der Waals surface area contributed by atoms with E-state index in [1.807, 2.05) is 25.1 Å². The number of aryl methyl sites for hydroxylation is 1. The molecule has 2 N–H and O–H groups in total. The third kappa shape index (κ3) is 4.63. The first kappa shape index (κ1) is 21.4. The molecule has 2 aromatic carbocycles. The minimum absolute atomic E-state index is 0.0318. The van der Waals surface area contributed by atoms with E-state index in [9.17, 15) is 14.7 Å². The van der Waals surface area contributed by atoms with Gasteiger partial charge in [-0.2, -0.15) is 0 Å². The largest absolute Gasteiger partial charge is 0.508 e. The van der Waals surface area contributed by atoms with Crippen molar-refractivity contribution in [3.63, 3.8) is 0 Å². The molecule has 3 rings (SSSR count). The first-order valence-corrected chi connectivity index (χ1v) is 9.66. The highest BCUT2D eigenvalue weighted by Gasteiger charge is 2.35. The van der Waals surface area contributed by atoms with Crippen molar-refractivity contribution in [2.24, 2.45) is 0 Å². The fourth-order valence-electron chi connectivity index (χ4n) is 3.18. The highest BCUT2D eigenvalue weighted by Crippen LogP contribution is 2.27. The lowest BCUT2D eigenvalue weighted by molar-refractivity contribution is -0.149. The highest BCUT2D eigenvalue weighted by molar-refractivity contribution is 5.83. The van der Waals surface area contributed by atoms with Crippen LogP contribution in [0.3, 0.4) is 0 Å². The molecule has 0 spiro atoms. The Morgan fingerprint density at radius 2 is 1.90 bits per heavy atom. The van der Waals surface area contributed by atoms with E-state index in [-0.39, 0.29) is 24.5 Å². The number of para-hydroxylation sites is 1. The number of hydrogen-bond acceptors (Lipinski definition) is 7. The number of esters is 1. The number of benzene rings is 2. The zero-order chi connectivity index (χ0) is 21.7. The number of hydrogen-bond donors (Lipinski definition) is 2. The molecule has 1 heterocycles. The first-order chi connectivity index (χ1) is 14.4. The van der Waals surface area contributed by atoms with Crippen LogP contribution in [0.15, 0.2) is 57.7 Å². The van der Waals surface area contributed by atoms with Gasteiger partial charge in [0.15, 0.2) is 0 Å². The fourth-order valence-corrected chi connectivity index (χ4v) is 3.18. The van der Waals surface area contributed by atoms with Gasteiger partial charge in [-0.3, -0.25) is 5.32 Å². The third-order valence-corrected chi connectivity index (χ3v) is 4.99. The molecule has 158 valence electrons. The Bertz CT molecular complexity index is 1090. The number of aromatic hydroxyl groups is 1. The highest BCUT2D eigenvalue weighted by atomic mass is 16.5. The second-order valence-electron chi connectivity index (χ2n) is 7.20. The average molecular weight is 411 g/mol. The van der Waals surface area contributed by atoms with E-state index < -0.39 is 17.1 Å². The average Bonchev–Trinajstić information content (AvgIpc) is 2.75. The summed E-state index contributed by atoms with van der Waals surface area (Å²) in [5.41, 5.74) is -0.0265. The summed E-state index contributed by atoms with van der Waals surface area (Å²) in [6.07, 6.45) is 0.624. The molecule has 1 aromatic heterocycles. The molecule has 0 bridgehead atoms. The third-order valence-electron chi connectivity index (χ3n) is 4.99. The Morgan fingerprint density at radius 3 is 2.57 bits per heavy atom. The van der Waals surface area contributed by atoms with Crippen molar-refractivity contribution in [1.29, 1.82) is 0 Å². The molecular formula is C23H25NO6. The monoisotopic (exact) mass is 411 g/mol. The molecule has 0 amide bonds. The minimum Gasteiger partial charge on any atom is -0.508 e. The summed E-state index contributed by atoms with van der Waals surface area (Å²) in [5, 5.41) is 13.9. The van der Waals surface area contributed by atoms with Crippen LogP contribution in [0.1, 0.15) is 25.0 Å². The number of fused-ring (bicyclic) bond motifs is 1. The normalized spacial score (nSPS) is 13.0. The number of phenols is 1. The van der Waals surface area contributed by atoms with Gasteiger partial charge in [0.25, 0.3) is 0 Å². The maximum Gasteiger partial charge on any atom is 0.336 e. The summed E-state index contributed by atoms with van der Waals surface area (Å²) in [6.45, 7) is 3.83. The molecule has 0 saturated carbocycles. The lowest BCUT2D eigenvalue weighted by Gasteiger charge is -2.28. The van der Waals surface area contributed by atoms with Gasteiger partial charge in [0.2, 0.25) is 0 Å². The van der Waals surface area contributed by atoms with Crippen molar-refractivity contribution < 1.29 is 23.8 Å². The van der Waals surface area contributed by atoms with Gasteiger partial charge in [0, 0.05) is 24.1 Å². The van der Waals surface area contributed by atoms with Crippen LogP contribution >= 0.6 is 0 Å². The lowest BCUT2D eigenvalue weighted by Crippen LogP contribution is -2.54. The summed E-state index contributed by atoms with van der Waals surface area (Å²) in [7, 11) is 1.31. The Kier molecular flexibility index (Phi) is 6.42. The summed E-state index contributed by atoms with van der Waals surface area (Å²) >= 11 is 0. The summed E-state index contributed by atoms with van der Waals surface area (Å²) in [6, 6.07) is 13.8.